The van der Waals surface area contributed by atoms with E-state index in [2.05, 4.69) is 4.98 Å². The lowest BCUT2D eigenvalue weighted by Gasteiger charge is -2.27. The van der Waals surface area contributed by atoms with Crippen molar-refractivity contribution in [3.63, 3.8) is 0 Å². The maximum absolute atomic E-state index is 12.4. The molecule has 0 radical (unpaired) electrons. The number of halogens is 1. The second-order valence-corrected chi connectivity index (χ2v) is 4.57. The van der Waals surface area contributed by atoms with E-state index in [1.807, 2.05) is 32.0 Å². The van der Waals surface area contributed by atoms with Gasteiger partial charge in [-0.25, -0.2) is 9.78 Å². The maximum Gasteiger partial charge on any atom is 0.334 e. The first-order chi connectivity index (χ1) is 8.61. The number of imidazole rings is 1. The van der Waals surface area contributed by atoms with E-state index in [0.717, 1.165) is 0 Å². The normalized spacial score (nSPS) is 10.7. The molecule has 0 bridgehead atoms. The Bertz CT molecular complexity index is 537. The number of carbonyl (C=O) groups is 1. The summed E-state index contributed by atoms with van der Waals surface area (Å²) < 4.78 is 1.43. The number of nitrogens with zero attached hydrogens (tertiary/aromatic N) is 3. The van der Waals surface area contributed by atoms with Crippen molar-refractivity contribution >= 4 is 23.3 Å². The zero-order chi connectivity index (χ0) is 13.1. The van der Waals surface area contributed by atoms with E-state index in [0.29, 0.717) is 10.7 Å². The molecular formula is C13H14ClN3O. The van der Waals surface area contributed by atoms with Crippen LogP contribution in [0.2, 0.25) is 5.02 Å². The molecule has 0 saturated heterocycles. The van der Waals surface area contributed by atoms with Crippen LogP contribution in [0.15, 0.2) is 43.0 Å². The molecule has 1 aromatic carbocycles. The van der Waals surface area contributed by atoms with Crippen molar-refractivity contribution in [3.8, 4) is 0 Å². The minimum absolute atomic E-state index is 0.000185. The average Bonchev–Trinajstić information content (AvgIpc) is 2.85. The molecule has 1 amide bonds. The van der Waals surface area contributed by atoms with Gasteiger partial charge in [0.1, 0.15) is 6.33 Å². The molecule has 1 aromatic heterocycles. The molecule has 2 aromatic rings. The quantitative estimate of drug-likeness (QED) is 0.833. The van der Waals surface area contributed by atoms with Gasteiger partial charge in [-0.15, -0.1) is 0 Å². The van der Waals surface area contributed by atoms with Crippen molar-refractivity contribution < 1.29 is 4.79 Å². The summed E-state index contributed by atoms with van der Waals surface area (Å²) in [5, 5.41) is 0.555. The number of rotatable bonds is 2. The van der Waals surface area contributed by atoms with Crippen LogP contribution in [-0.4, -0.2) is 21.6 Å². The predicted octanol–water partition coefficient (Wildman–Crippen LogP) is 3.42. The highest BCUT2D eigenvalue weighted by Gasteiger charge is 2.22. The molecule has 18 heavy (non-hydrogen) atoms. The van der Waals surface area contributed by atoms with E-state index in [1.165, 1.54) is 10.9 Å². The fourth-order valence-corrected chi connectivity index (χ4v) is 1.97. The Labute approximate surface area is 111 Å². The number of hydrogen-bond donors (Lipinski definition) is 0. The van der Waals surface area contributed by atoms with Gasteiger partial charge in [-0.3, -0.25) is 9.47 Å². The number of para-hydroxylation sites is 1. The summed E-state index contributed by atoms with van der Waals surface area (Å²) in [5.41, 5.74) is 0.702. The van der Waals surface area contributed by atoms with Gasteiger partial charge in [-0.2, -0.15) is 0 Å². The Morgan fingerprint density at radius 3 is 2.67 bits per heavy atom. The molecule has 0 aliphatic heterocycles. The molecule has 0 saturated carbocycles. The monoisotopic (exact) mass is 263 g/mol. The largest absolute Gasteiger partial charge is 0.334 e. The summed E-state index contributed by atoms with van der Waals surface area (Å²) in [6.45, 7) is 3.89. The van der Waals surface area contributed by atoms with E-state index < -0.39 is 0 Å². The van der Waals surface area contributed by atoms with Gasteiger partial charge in [0.2, 0.25) is 0 Å². The Morgan fingerprint density at radius 2 is 2.11 bits per heavy atom. The topological polar surface area (TPSA) is 38.1 Å². The van der Waals surface area contributed by atoms with Crippen molar-refractivity contribution in [1.82, 2.24) is 9.55 Å². The van der Waals surface area contributed by atoms with E-state index in [9.17, 15) is 4.79 Å². The molecule has 5 heteroatoms. The SMILES string of the molecule is CC(C)N(C(=O)n1ccnc1)c1ccccc1Cl. The first-order valence-electron chi connectivity index (χ1n) is 5.67. The number of hydrogen-bond acceptors (Lipinski definition) is 2. The van der Waals surface area contributed by atoms with E-state index >= 15 is 0 Å². The fourth-order valence-electron chi connectivity index (χ4n) is 1.75. The summed E-state index contributed by atoms with van der Waals surface area (Å²) >= 11 is 6.15. The molecule has 0 unspecified atom stereocenters. The van der Waals surface area contributed by atoms with Gasteiger partial charge in [0.05, 0.1) is 10.7 Å². The van der Waals surface area contributed by atoms with Crippen molar-refractivity contribution in [1.29, 1.82) is 0 Å². The van der Waals surface area contributed by atoms with Crippen LogP contribution >= 0.6 is 11.6 Å². The van der Waals surface area contributed by atoms with Crippen LogP contribution < -0.4 is 4.90 Å². The van der Waals surface area contributed by atoms with Gasteiger partial charge in [-0.1, -0.05) is 23.7 Å². The molecule has 0 N–H and O–H groups in total. The predicted molar refractivity (Wildman–Crippen MR) is 72.1 cm³/mol. The fraction of sp³-hybridized carbons (Fsp3) is 0.231. The molecule has 4 nitrogen and oxygen atoms in total. The Kier molecular flexibility index (Phi) is 3.67. The van der Waals surface area contributed by atoms with Crippen molar-refractivity contribution in [2.24, 2.45) is 0 Å². The first-order valence-corrected chi connectivity index (χ1v) is 6.05. The van der Waals surface area contributed by atoms with Crippen molar-refractivity contribution in [2.45, 2.75) is 19.9 Å². The van der Waals surface area contributed by atoms with Gasteiger partial charge < -0.3 is 0 Å². The Morgan fingerprint density at radius 1 is 1.39 bits per heavy atom. The maximum atomic E-state index is 12.4. The van der Waals surface area contributed by atoms with Gasteiger partial charge in [0.25, 0.3) is 0 Å². The van der Waals surface area contributed by atoms with Crippen LogP contribution in [0.25, 0.3) is 0 Å². The minimum Gasteiger partial charge on any atom is -0.290 e. The van der Waals surface area contributed by atoms with Crippen LogP contribution in [0, 0.1) is 0 Å². The van der Waals surface area contributed by atoms with Gasteiger partial charge in [0, 0.05) is 18.4 Å². The molecule has 0 fully saturated rings. The highest BCUT2D eigenvalue weighted by atomic mass is 35.5. The summed E-state index contributed by atoms with van der Waals surface area (Å²) in [7, 11) is 0. The van der Waals surface area contributed by atoms with Gasteiger partial charge >= 0.3 is 6.03 Å². The number of carbonyl (C=O) groups excluding carboxylic acids is 1. The molecule has 0 spiro atoms. The zero-order valence-corrected chi connectivity index (χ0v) is 11.0. The molecule has 2 rings (SSSR count). The highest BCUT2D eigenvalue weighted by Crippen LogP contribution is 2.27. The third-order valence-electron chi connectivity index (χ3n) is 2.56. The summed E-state index contributed by atoms with van der Waals surface area (Å²) in [5.74, 6) is 0. The second kappa shape index (κ2) is 5.23. The molecular weight excluding hydrogens is 250 g/mol. The van der Waals surface area contributed by atoms with E-state index in [-0.39, 0.29) is 12.1 Å². The first kappa shape index (κ1) is 12.6. The van der Waals surface area contributed by atoms with Crippen LogP contribution in [0.1, 0.15) is 13.8 Å². The average molecular weight is 264 g/mol. The van der Waals surface area contributed by atoms with Crippen LogP contribution in [0.3, 0.4) is 0 Å². The van der Waals surface area contributed by atoms with E-state index in [1.54, 1.807) is 23.4 Å². The van der Waals surface area contributed by atoms with Crippen LogP contribution in [-0.2, 0) is 0 Å². The molecule has 1 heterocycles. The highest BCUT2D eigenvalue weighted by molar-refractivity contribution is 6.33. The van der Waals surface area contributed by atoms with Crippen molar-refractivity contribution in [2.75, 3.05) is 4.90 Å². The number of benzene rings is 1. The molecule has 0 aliphatic carbocycles. The number of amides is 1. The molecule has 94 valence electrons. The summed E-state index contributed by atoms with van der Waals surface area (Å²) in [6, 6.07) is 7.13. The third-order valence-corrected chi connectivity index (χ3v) is 2.88. The number of aromatic nitrogens is 2. The zero-order valence-electron chi connectivity index (χ0n) is 10.2. The van der Waals surface area contributed by atoms with Gasteiger partial charge in [-0.05, 0) is 26.0 Å². The summed E-state index contributed by atoms with van der Waals surface area (Å²) in [6.07, 6.45) is 4.67. The van der Waals surface area contributed by atoms with Crippen molar-refractivity contribution in [3.05, 3.63) is 48.0 Å². The van der Waals surface area contributed by atoms with Crippen LogP contribution in [0.4, 0.5) is 10.5 Å². The summed E-state index contributed by atoms with van der Waals surface area (Å²) in [4.78, 5) is 17.9. The lowest BCUT2D eigenvalue weighted by atomic mass is 10.2. The van der Waals surface area contributed by atoms with Gasteiger partial charge in [0.15, 0.2) is 0 Å². The smallest absolute Gasteiger partial charge is 0.290 e. The Balaban J connectivity index is 2.41. The lowest BCUT2D eigenvalue weighted by molar-refractivity contribution is 0.246. The third kappa shape index (κ3) is 2.38. The lowest BCUT2D eigenvalue weighted by Crippen LogP contribution is -2.39. The Hall–Kier alpha value is -1.81. The second-order valence-electron chi connectivity index (χ2n) is 4.17. The molecule has 0 atom stereocenters. The van der Waals surface area contributed by atoms with Crippen LogP contribution in [0.5, 0.6) is 0 Å². The minimum atomic E-state index is -0.171. The van der Waals surface area contributed by atoms with E-state index in [4.69, 9.17) is 11.6 Å². The number of anilines is 1. The molecule has 0 aliphatic rings. The standard InChI is InChI=1S/C13H14ClN3O/c1-10(2)17(12-6-4-3-5-11(12)14)13(18)16-8-7-15-9-16/h3-10H,1-2H3.